The number of carboxylic acid groups (broad SMARTS) is 1. The van der Waals surface area contributed by atoms with E-state index in [4.69, 9.17) is 0 Å². The molecule has 0 aliphatic carbocycles. The van der Waals surface area contributed by atoms with Crippen molar-refractivity contribution in [3.63, 3.8) is 0 Å². The Hall–Kier alpha value is -2.17. The van der Waals surface area contributed by atoms with E-state index in [2.05, 4.69) is 0 Å². The molecule has 5 nitrogen and oxygen atoms in total. The van der Waals surface area contributed by atoms with E-state index in [0.717, 1.165) is 5.56 Å². The van der Waals surface area contributed by atoms with Crippen LogP contribution in [0.3, 0.4) is 0 Å². The van der Waals surface area contributed by atoms with E-state index in [1.807, 2.05) is 39.8 Å². The zero-order chi connectivity index (χ0) is 18.7. The van der Waals surface area contributed by atoms with Crippen molar-refractivity contribution in [3.8, 4) is 0 Å². The first-order chi connectivity index (χ1) is 11.7. The lowest BCUT2D eigenvalue weighted by Crippen LogP contribution is -2.46. The van der Waals surface area contributed by atoms with Crippen LogP contribution in [0.1, 0.15) is 56.0 Å². The first kappa shape index (κ1) is 19.2. The van der Waals surface area contributed by atoms with Gasteiger partial charge in [0.25, 0.3) is 0 Å². The van der Waals surface area contributed by atoms with Crippen molar-refractivity contribution >= 4 is 17.7 Å². The normalized spacial score (nSPS) is 21.9. The van der Waals surface area contributed by atoms with Crippen LogP contribution in [0.5, 0.6) is 0 Å². The van der Waals surface area contributed by atoms with Gasteiger partial charge in [-0.15, -0.1) is 0 Å². The molecule has 1 saturated heterocycles. The van der Waals surface area contributed by atoms with Crippen molar-refractivity contribution in [3.05, 3.63) is 35.4 Å². The molecule has 1 heterocycles. The summed E-state index contributed by atoms with van der Waals surface area (Å²) < 4.78 is 0. The van der Waals surface area contributed by atoms with Crippen molar-refractivity contribution in [2.75, 3.05) is 13.1 Å². The van der Waals surface area contributed by atoms with Gasteiger partial charge in [0.15, 0.2) is 5.78 Å². The van der Waals surface area contributed by atoms with Gasteiger partial charge in [-0.1, -0.05) is 45.0 Å². The van der Waals surface area contributed by atoms with Gasteiger partial charge >= 0.3 is 5.97 Å². The zero-order valence-electron chi connectivity index (χ0n) is 15.4. The molecule has 25 heavy (non-hydrogen) atoms. The molecule has 1 N–H and O–H groups in total. The van der Waals surface area contributed by atoms with E-state index >= 15 is 0 Å². The monoisotopic (exact) mass is 345 g/mol. The highest BCUT2D eigenvalue weighted by atomic mass is 16.4. The highest BCUT2D eigenvalue weighted by Gasteiger charge is 2.33. The first-order valence-electron chi connectivity index (χ1n) is 8.86. The van der Waals surface area contributed by atoms with Gasteiger partial charge in [-0.3, -0.25) is 14.4 Å². The lowest BCUT2D eigenvalue weighted by atomic mass is 9.88. The van der Waals surface area contributed by atoms with Crippen molar-refractivity contribution in [1.82, 2.24) is 4.90 Å². The second-order valence-corrected chi connectivity index (χ2v) is 7.48. The second-order valence-electron chi connectivity index (χ2n) is 7.48. The Morgan fingerprint density at radius 1 is 1.08 bits per heavy atom. The summed E-state index contributed by atoms with van der Waals surface area (Å²) >= 11 is 0. The van der Waals surface area contributed by atoms with Crippen LogP contribution in [0.25, 0.3) is 0 Å². The third-order valence-electron chi connectivity index (χ3n) is 4.91. The third kappa shape index (κ3) is 4.47. The summed E-state index contributed by atoms with van der Waals surface area (Å²) in [7, 11) is 0. The van der Waals surface area contributed by atoms with Crippen LogP contribution in [-0.4, -0.2) is 40.8 Å². The van der Waals surface area contributed by atoms with Crippen LogP contribution >= 0.6 is 0 Å². The van der Waals surface area contributed by atoms with Gasteiger partial charge in [0.2, 0.25) is 5.91 Å². The molecule has 1 aromatic rings. The molecule has 1 fully saturated rings. The lowest BCUT2D eigenvalue weighted by molar-refractivity contribution is -0.147. The van der Waals surface area contributed by atoms with E-state index in [1.165, 1.54) is 0 Å². The third-order valence-corrected chi connectivity index (χ3v) is 4.91. The molecule has 1 amide bonds. The number of hydrogen-bond donors (Lipinski definition) is 1. The fraction of sp³-hybridized carbons (Fsp3) is 0.550. The van der Waals surface area contributed by atoms with Gasteiger partial charge in [-0.2, -0.15) is 0 Å². The van der Waals surface area contributed by atoms with Gasteiger partial charge in [0.1, 0.15) is 0 Å². The number of benzene rings is 1. The fourth-order valence-electron chi connectivity index (χ4n) is 3.40. The summed E-state index contributed by atoms with van der Waals surface area (Å²) in [6.07, 6.45) is 0.611. The number of rotatable bonds is 5. The summed E-state index contributed by atoms with van der Waals surface area (Å²) in [5.74, 6) is -1.55. The van der Waals surface area contributed by atoms with Gasteiger partial charge < -0.3 is 10.0 Å². The number of Topliss-reactive ketones (excluding diaryl/α,β-unsaturated/α-hetero) is 1. The standard InChI is InChI=1S/C20H27NO4/c1-12(2)18(22)16-7-5-15(6-8-16)14(4)19(23)21-10-13(3)9-17(11-21)20(24)25/h5-8,12-14,17H,9-11H2,1-4H3,(H,24,25). The SMILES string of the molecule is CC1CC(C(=O)O)CN(C(=O)C(C)c2ccc(C(=O)C(C)C)cc2)C1. The topological polar surface area (TPSA) is 74.7 Å². The predicted molar refractivity (Wildman–Crippen MR) is 95.5 cm³/mol. The molecular weight excluding hydrogens is 318 g/mol. The van der Waals surface area contributed by atoms with Gasteiger partial charge in [0.05, 0.1) is 11.8 Å². The molecular formula is C20H27NO4. The number of nitrogens with zero attached hydrogens (tertiary/aromatic N) is 1. The minimum Gasteiger partial charge on any atom is -0.481 e. The average Bonchev–Trinajstić information content (AvgIpc) is 2.59. The van der Waals surface area contributed by atoms with E-state index in [1.54, 1.807) is 17.0 Å². The van der Waals surface area contributed by atoms with Gasteiger partial charge in [-0.05, 0) is 24.8 Å². The minimum absolute atomic E-state index is 0.0549. The van der Waals surface area contributed by atoms with Crippen LogP contribution < -0.4 is 0 Å². The zero-order valence-corrected chi connectivity index (χ0v) is 15.4. The van der Waals surface area contributed by atoms with Crippen LogP contribution in [0.4, 0.5) is 0 Å². The van der Waals surface area contributed by atoms with Crippen LogP contribution in [-0.2, 0) is 9.59 Å². The molecule has 0 bridgehead atoms. The maximum atomic E-state index is 12.8. The lowest BCUT2D eigenvalue weighted by Gasteiger charge is -2.36. The number of likely N-dealkylation sites (tertiary alicyclic amines) is 1. The smallest absolute Gasteiger partial charge is 0.308 e. The number of piperidine rings is 1. The Morgan fingerprint density at radius 3 is 2.20 bits per heavy atom. The maximum Gasteiger partial charge on any atom is 0.308 e. The van der Waals surface area contributed by atoms with Gasteiger partial charge in [-0.25, -0.2) is 0 Å². The highest BCUT2D eigenvalue weighted by Crippen LogP contribution is 2.26. The molecule has 0 radical (unpaired) electrons. The molecule has 2 rings (SSSR count). The molecule has 5 heteroatoms. The van der Waals surface area contributed by atoms with E-state index < -0.39 is 11.9 Å². The molecule has 0 spiro atoms. The molecule has 1 aromatic carbocycles. The Bertz CT molecular complexity index is 650. The van der Waals surface area contributed by atoms with Gasteiger partial charge in [0, 0.05) is 24.6 Å². The Balaban J connectivity index is 2.11. The number of hydrogen-bond acceptors (Lipinski definition) is 3. The quantitative estimate of drug-likeness (QED) is 0.832. The minimum atomic E-state index is -0.839. The van der Waals surface area contributed by atoms with Crippen LogP contribution in [0.15, 0.2) is 24.3 Å². The van der Waals surface area contributed by atoms with E-state index in [0.29, 0.717) is 18.5 Å². The highest BCUT2D eigenvalue weighted by molar-refractivity contribution is 5.97. The van der Waals surface area contributed by atoms with E-state index in [-0.39, 0.29) is 36.0 Å². The number of amides is 1. The number of ketones is 1. The summed E-state index contributed by atoms with van der Waals surface area (Å²) in [6.45, 7) is 8.39. The molecule has 1 aliphatic rings. The summed E-state index contributed by atoms with van der Waals surface area (Å²) in [5, 5.41) is 9.27. The first-order valence-corrected chi connectivity index (χ1v) is 8.86. The second kappa shape index (κ2) is 7.81. The maximum absolute atomic E-state index is 12.8. The Labute approximate surface area is 149 Å². The number of carbonyl (C=O) groups is 3. The van der Waals surface area contributed by atoms with Crippen molar-refractivity contribution in [2.45, 2.75) is 40.0 Å². The summed E-state index contributed by atoms with van der Waals surface area (Å²) in [4.78, 5) is 37.8. The van der Waals surface area contributed by atoms with Crippen LogP contribution in [0, 0.1) is 17.8 Å². The summed E-state index contributed by atoms with van der Waals surface area (Å²) in [6, 6.07) is 7.17. The number of carboxylic acids is 1. The van der Waals surface area contributed by atoms with Crippen molar-refractivity contribution in [1.29, 1.82) is 0 Å². The molecule has 0 aromatic heterocycles. The molecule has 1 aliphatic heterocycles. The molecule has 136 valence electrons. The van der Waals surface area contributed by atoms with Crippen molar-refractivity contribution < 1.29 is 19.5 Å². The van der Waals surface area contributed by atoms with Crippen molar-refractivity contribution in [2.24, 2.45) is 17.8 Å². The summed E-state index contributed by atoms with van der Waals surface area (Å²) in [5.41, 5.74) is 1.49. The Kier molecular flexibility index (Phi) is 5.98. The molecule has 3 unspecified atom stereocenters. The number of carbonyl (C=O) groups excluding carboxylic acids is 2. The molecule has 0 saturated carbocycles. The molecule has 3 atom stereocenters. The fourth-order valence-corrected chi connectivity index (χ4v) is 3.40. The number of aliphatic carboxylic acids is 1. The average molecular weight is 345 g/mol. The largest absolute Gasteiger partial charge is 0.481 e. The predicted octanol–water partition coefficient (Wildman–Crippen LogP) is 3.20. The van der Waals surface area contributed by atoms with E-state index in [9.17, 15) is 19.5 Å². The Morgan fingerprint density at radius 2 is 1.68 bits per heavy atom. The van der Waals surface area contributed by atoms with Crippen LogP contribution in [0.2, 0.25) is 0 Å².